The molecule has 5 rings (SSSR count). The molecule has 0 saturated heterocycles. The molecule has 46 heavy (non-hydrogen) atoms. The van der Waals surface area contributed by atoms with Crippen molar-refractivity contribution < 1.29 is 9.59 Å². The van der Waals surface area contributed by atoms with E-state index in [0.29, 0.717) is 5.02 Å². The van der Waals surface area contributed by atoms with Gasteiger partial charge in [0.05, 0.1) is 0 Å². The van der Waals surface area contributed by atoms with Crippen molar-refractivity contribution in [1.82, 2.24) is 0 Å². The quantitative estimate of drug-likeness (QED) is 0.133. The molecule has 0 aliphatic carbocycles. The zero-order valence-electron chi connectivity index (χ0n) is 28.6. The number of carbonyl (C=O) groups excluding carboxylic acids is 2. The molecule has 0 aliphatic heterocycles. The standard InChI is InChI=1S/C25H26O.C18H19ClO/c1-17-11-13-19(3)23(15-17)25(5,21-9-7-6-8-10-21)24-16-18(2)12-14-22(24)20(4)26;1-12-7-5-6-8-16(12)18(3,4)17-11-14(19)9-10-15(17)13(2)20/h6-16H,1-5H3;5-11H,1-4H3. The van der Waals surface area contributed by atoms with Gasteiger partial charge in [-0.25, -0.2) is 0 Å². The largest absolute Gasteiger partial charge is 0.295 e. The number of hydrogen-bond acceptors (Lipinski definition) is 2. The van der Waals surface area contributed by atoms with Crippen LogP contribution in [0.2, 0.25) is 5.02 Å². The summed E-state index contributed by atoms with van der Waals surface area (Å²) in [5.41, 5.74) is 11.4. The van der Waals surface area contributed by atoms with Crippen molar-refractivity contribution in [1.29, 1.82) is 0 Å². The summed E-state index contributed by atoms with van der Waals surface area (Å²) in [6, 6.07) is 37.0. The van der Waals surface area contributed by atoms with Crippen LogP contribution in [0, 0.1) is 27.7 Å². The molecule has 0 heterocycles. The van der Waals surface area contributed by atoms with Crippen molar-refractivity contribution in [3.05, 3.63) is 175 Å². The third kappa shape index (κ3) is 7.08. The van der Waals surface area contributed by atoms with Crippen molar-refractivity contribution >= 4 is 23.2 Å². The molecular weight excluding hydrogens is 584 g/mol. The summed E-state index contributed by atoms with van der Waals surface area (Å²) < 4.78 is 0. The van der Waals surface area contributed by atoms with Crippen molar-refractivity contribution in [2.75, 3.05) is 0 Å². The second-order valence-electron chi connectivity index (χ2n) is 13.1. The second-order valence-corrected chi connectivity index (χ2v) is 13.5. The van der Waals surface area contributed by atoms with Crippen molar-refractivity contribution in [2.24, 2.45) is 0 Å². The van der Waals surface area contributed by atoms with Gasteiger partial charge in [-0.1, -0.05) is 128 Å². The molecule has 3 heteroatoms. The Morgan fingerprint density at radius 1 is 0.522 bits per heavy atom. The van der Waals surface area contributed by atoms with Gasteiger partial charge in [-0.2, -0.15) is 0 Å². The number of hydrogen-bond donors (Lipinski definition) is 0. The van der Waals surface area contributed by atoms with Gasteiger partial charge in [0.1, 0.15) is 0 Å². The summed E-state index contributed by atoms with van der Waals surface area (Å²) in [6.07, 6.45) is 0. The summed E-state index contributed by atoms with van der Waals surface area (Å²) in [7, 11) is 0. The first-order valence-electron chi connectivity index (χ1n) is 15.8. The summed E-state index contributed by atoms with van der Waals surface area (Å²) in [4.78, 5) is 24.3. The van der Waals surface area contributed by atoms with Crippen LogP contribution in [0.5, 0.6) is 0 Å². The molecule has 0 spiro atoms. The van der Waals surface area contributed by atoms with Crippen molar-refractivity contribution in [2.45, 2.75) is 73.1 Å². The summed E-state index contributed by atoms with van der Waals surface area (Å²) in [5, 5.41) is 0.659. The first-order chi connectivity index (χ1) is 21.7. The fourth-order valence-electron chi connectivity index (χ4n) is 6.64. The lowest BCUT2D eigenvalue weighted by Gasteiger charge is -2.35. The Morgan fingerprint density at radius 3 is 1.63 bits per heavy atom. The third-order valence-electron chi connectivity index (χ3n) is 9.23. The number of rotatable bonds is 7. The van der Waals surface area contributed by atoms with E-state index in [-0.39, 0.29) is 17.0 Å². The highest BCUT2D eigenvalue weighted by molar-refractivity contribution is 6.30. The van der Waals surface area contributed by atoms with Gasteiger partial charge in [-0.3, -0.25) is 9.59 Å². The highest BCUT2D eigenvalue weighted by Gasteiger charge is 2.35. The molecule has 1 unspecified atom stereocenters. The Balaban J connectivity index is 0.000000216. The Hall–Kier alpha value is -4.27. The van der Waals surface area contributed by atoms with Crippen LogP contribution in [-0.2, 0) is 10.8 Å². The molecule has 1 atom stereocenters. The van der Waals surface area contributed by atoms with E-state index in [9.17, 15) is 9.59 Å². The zero-order valence-corrected chi connectivity index (χ0v) is 29.3. The maximum atomic E-state index is 12.4. The van der Waals surface area contributed by atoms with Crippen LogP contribution in [-0.4, -0.2) is 11.6 Å². The monoisotopic (exact) mass is 628 g/mol. The highest BCUT2D eigenvalue weighted by atomic mass is 35.5. The van der Waals surface area contributed by atoms with Gasteiger partial charge in [0.2, 0.25) is 0 Å². The lowest BCUT2D eigenvalue weighted by molar-refractivity contribution is 0.100. The molecule has 0 N–H and O–H groups in total. The molecule has 0 radical (unpaired) electrons. The predicted octanol–water partition coefficient (Wildman–Crippen LogP) is 11.3. The van der Waals surface area contributed by atoms with Gasteiger partial charge in [-0.05, 0) is 106 Å². The van der Waals surface area contributed by atoms with Gasteiger partial charge in [-0.15, -0.1) is 0 Å². The van der Waals surface area contributed by atoms with Gasteiger partial charge < -0.3 is 0 Å². The predicted molar refractivity (Wildman–Crippen MR) is 194 cm³/mol. The van der Waals surface area contributed by atoms with Gasteiger partial charge in [0.15, 0.2) is 11.6 Å². The van der Waals surface area contributed by atoms with Gasteiger partial charge in [0.25, 0.3) is 0 Å². The highest BCUT2D eigenvalue weighted by Crippen LogP contribution is 2.43. The van der Waals surface area contributed by atoms with Gasteiger partial charge >= 0.3 is 0 Å². The Bertz CT molecular complexity index is 1880. The van der Waals surface area contributed by atoms with E-state index in [2.05, 4.69) is 109 Å². The molecule has 0 bridgehead atoms. The smallest absolute Gasteiger partial charge is 0.160 e. The molecule has 0 aromatic heterocycles. The minimum absolute atomic E-state index is 0.0679. The normalized spacial score (nSPS) is 12.5. The number of carbonyl (C=O) groups is 2. The lowest BCUT2D eigenvalue weighted by Crippen LogP contribution is -2.29. The van der Waals surface area contributed by atoms with E-state index >= 15 is 0 Å². The molecule has 2 nitrogen and oxygen atoms in total. The van der Waals surface area contributed by atoms with Crippen molar-refractivity contribution in [3.63, 3.8) is 0 Å². The fourth-order valence-corrected chi connectivity index (χ4v) is 6.81. The van der Waals surface area contributed by atoms with Crippen LogP contribution in [0.4, 0.5) is 0 Å². The Morgan fingerprint density at radius 2 is 1.02 bits per heavy atom. The molecular formula is C43H45ClO2. The zero-order chi connectivity index (χ0) is 33.8. The topological polar surface area (TPSA) is 34.1 Å². The Labute approximate surface area is 280 Å². The first kappa shape index (κ1) is 34.6. The molecule has 0 saturated carbocycles. The van der Waals surface area contributed by atoms with E-state index in [1.165, 1.54) is 33.4 Å². The van der Waals surface area contributed by atoms with Crippen LogP contribution >= 0.6 is 11.6 Å². The summed E-state index contributed by atoms with van der Waals surface area (Å²) >= 11 is 6.14. The minimum atomic E-state index is -0.398. The van der Waals surface area contributed by atoms with Gasteiger partial charge in [0, 0.05) is 27.0 Å². The molecule has 0 aliphatic rings. The molecule has 236 valence electrons. The maximum Gasteiger partial charge on any atom is 0.160 e. The molecule has 0 amide bonds. The molecule has 5 aromatic carbocycles. The van der Waals surface area contributed by atoms with Crippen molar-refractivity contribution in [3.8, 4) is 0 Å². The first-order valence-corrected chi connectivity index (χ1v) is 16.2. The number of ketones is 2. The van der Waals surface area contributed by atoms with Crippen LogP contribution in [0.1, 0.15) is 105 Å². The average Bonchev–Trinajstić information content (AvgIpc) is 3.02. The number of benzene rings is 5. The van der Waals surface area contributed by atoms with Crippen LogP contribution < -0.4 is 0 Å². The maximum absolute atomic E-state index is 12.4. The molecule has 5 aromatic rings. The lowest BCUT2D eigenvalue weighted by atomic mass is 9.67. The third-order valence-corrected chi connectivity index (χ3v) is 9.46. The van der Waals surface area contributed by atoms with E-state index in [0.717, 1.165) is 27.8 Å². The summed E-state index contributed by atoms with van der Waals surface area (Å²) in [5.74, 6) is 0.172. The van der Waals surface area contributed by atoms with Crippen LogP contribution in [0.3, 0.4) is 0 Å². The van der Waals surface area contributed by atoms with Crippen LogP contribution in [0.15, 0.2) is 109 Å². The molecule has 0 fully saturated rings. The van der Waals surface area contributed by atoms with E-state index in [1.807, 2.05) is 42.5 Å². The summed E-state index contributed by atoms with van der Waals surface area (Å²) in [6.45, 7) is 18.2. The number of halogens is 1. The van der Waals surface area contributed by atoms with E-state index in [4.69, 9.17) is 11.6 Å². The average molecular weight is 629 g/mol. The van der Waals surface area contributed by atoms with E-state index < -0.39 is 5.41 Å². The minimum Gasteiger partial charge on any atom is -0.295 e. The Kier molecular flexibility index (Phi) is 10.5. The number of aryl methyl sites for hydroxylation is 4. The van der Waals surface area contributed by atoms with Crippen LogP contribution in [0.25, 0.3) is 0 Å². The van der Waals surface area contributed by atoms with E-state index in [1.54, 1.807) is 19.9 Å². The second kappa shape index (κ2) is 14.0. The number of Topliss-reactive ketones (excluding diaryl/α,β-unsaturated/α-hetero) is 2. The fraction of sp³-hybridized carbons (Fsp3) is 0.256. The SMILES string of the molecule is CC(=O)c1ccc(C)cc1C(C)(c1ccccc1)c1cc(C)ccc1C.CC(=O)c1ccc(Cl)cc1C(C)(C)c1ccccc1C.